The zero-order chi connectivity index (χ0) is 13.4. The number of piperidine rings is 1. The Morgan fingerprint density at radius 1 is 1.35 bits per heavy atom. The molecule has 20 heavy (non-hydrogen) atoms. The molecular formula is C14H16LiN3O2. The molecule has 100 valence electrons. The van der Waals surface area contributed by atoms with Gasteiger partial charge in [0.15, 0.2) is 0 Å². The van der Waals surface area contributed by atoms with Gasteiger partial charge < -0.3 is 14.8 Å². The molecule has 0 amide bonds. The van der Waals surface area contributed by atoms with Crippen LogP contribution in [0.15, 0.2) is 24.4 Å². The Hall–Kier alpha value is -1.28. The van der Waals surface area contributed by atoms with Crippen LogP contribution in [0.25, 0.3) is 10.9 Å². The van der Waals surface area contributed by atoms with Gasteiger partial charge in [-0.1, -0.05) is 6.07 Å². The second-order valence-electron chi connectivity index (χ2n) is 5.18. The van der Waals surface area contributed by atoms with Gasteiger partial charge in [0.25, 0.3) is 0 Å². The van der Waals surface area contributed by atoms with Gasteiger partial charge in [0.05, 0.1) is 23.7 Å². The number of aromatic carboxylic acids is 1. The molecule has 1 aromatic carbocycles. The summed E-state index contributed by atoms with van der Waals surface area (Å²) in [5.74, 6) is -1.14. The van der Waals surface area contributed by atoms with Gasteiger partial charge >= 0.3 is 18.9 Å². The van der Waals surface area contributed by atoms with Gasteiger partial charge in [-0.25, -0.2) is 0 Å². The second-order valence-corrected chi connectivity index (χ2v) is 5.18. The molecule has 1 saturated heterocycles. The molecule has 0 atom stereocenters. The number of fused-ring (bicyclic) bond motifs is 1. The third-order valence-electron chi connectivity index (χ3n) is 3.87. The van der Waals surface area contributed by atoms with Gasteiger partial charge in [-0.2, -0.15) is 5.10 Å². The minimum absolute atomic E-state index is 0. The monoisotopic (exact) mass is 265 g/mol. The zero-order valence-corrected chi connectivity index (χ0v) is 11.9. The molecule has 0 N–H and O–H groups in total. The van der Waals surface area contributed by atoms with Crippen LogP contribution in [-0.2, 0) is 0 Å². The van der Waals surface area contributed by atoms with E-state index in [9.17, 15) is 9.90 Å². The maximum absolute atomic E-state index is 10.8. The van der Waals surface area contributed by atoms with Crippen LogP contribution < -0.4 is 24.0 Å². The molecule has 5 nitrogen and oxygen atoms in total. The second kappa shape index (κ2) is 6.00. The maximum Gasteiger partial charge on any atom is 1.00 e. The zero-order valence-electron chi connectivity index (χ0n) is 11.9. The summed E-state index contributed by atoms with van der Waals surface area (Å²) in [5.41, 5.74) is 1.20. The van der Waals surface area contributed by atoms with Crippen molar-refractivity contribution in [3.63, 3.8) is 0 Å². The predicted molar refractivity (Wildman–Crippen MR) is 69.8 cm³/mol. The molecule has 2 heterocycles. The number of aromatic nitrogens is 2. The fourth-order valence-electron chi connectivity index (χ4n) is 2.71. The molecule has 1 fully saturated rings. The third-order valence-corrected chi connectivity index (χ3v) is 3.87. The maximum atomic E-state index is 10.8. The van der Waals surface area contributed by atoms with E-state index in [-0.39, 0.29) is 24.4 Å². The summed E-state index contributed by atoms with van der Waals surface area (Å²) >= 11 is 0. The Labute approximate surface area is 129 Å². The van der Waals surface area contributed by atoms with Crippen molar-refractivity contribution in [1.82, 2.24) is 14.7 Å². The number of rotatable bonds is 2. The molecule has 1 aliphatic rings. The van der Waals surface area contributed by atoms with E-state index in [1.165, 1.54) is 0 Å². The van der Waals surface area contributed by atoms with Crippen molar-refractivity contribution in [2.75, 3.05) is 20.1 Å². The van der Waals surface area contributed by atoms with Crippen LogP contribution in [0.1, 0.15) is 29.2 Å². The molecule has 3 rings (SSSR count). The SMILES string of the molecule is CN1CCC(n2ncc3cc(C(=O)[O-])ccc32)CC1.[Li+]. The topological polar surface area (TPSA) is 61.2 Å². The van der Waals surface area contributed by atoms with Gasteiger partial charge in [0.1, 0.15) is 0 Å². The van der Waals surface area contributed by atoms with Gasteiger partial charge in [-0.15, -0.1) is 0 Å². The molecule has 0 saturated carbocycles. The van der Waals surface area contributed by atoms with Crippen LogP contribution in [0.3, 0.4) is 0 Å². The molecule has 0 aliphatic carbocycles. The smallest absolute Gasteiger partial charge is 0.545 e. The van der Waals surface area contributed by atoms with Crippen molar-refractivity contribution >= 4 is 16.9 Å². The predicted octanol–water partition coefficient (Wildman–Crippen LogP) is -2.33. The minimum atomic E-state index is -1.14. The van der Waals surface area contributed by atoms with E-state index >= 15 is 0 Å². The summed E-state index contributed by atoms with van der Waals surface area (Å²) in [6.07, 6.45) is 3.89. The van der Waals surface area contributed by atoms with Crippen LogP contribution >= 0.6 is 0 Å². The summed E-state index contributed by atoms with van der Waals surface area (Å²) in [7, 11) is 2.13. The summed E-state index contributed by atoms with van der Waals surface area (Å²) in [5, 5.41) is 16.1. The van der Waals surface area contributed by atoms with E-state index in [0.29, 0.717) is 6.04 Å². The van der Waals surface area contributed by atoms with Crippen molar-refractivity contribution in [2.24, 2.45) is 0 Å². The molecule has 2 aromatic rings. The Morgan fingerprint density at radius 2 is 2.05 bits per heavy atom. The van der Waals surface area contributed by atoms with Crippen molar-refractivity contribution in [2.45, 2.75) is 18.9 Å². The van der Waals surface area contributed by atoms with Crippen molar-refractivity contribution in [1.29, 1.82) is 0 Å². The molecule has 0 unspecified atom stereocenters. The van der Waals surface area contributed by atoms with E-state index < -0.39 is 5.97 Å². The van der Waals surface area contributed by atoms with Crippen molar-refractivity contribution in [3.8, 4) is 0 Å². The fraction of sp³-hybridized carbons (Fsp3) is 0.429. The Balaban J connectivity index is 0.00000147. The number of carboxylic acids is 1. The Kier molecular flexibility index (Phi) is 4.54. The quantitative estimate of drug-likeness (QED) is 0.572. The average Bonchev–Trinajstić information content (AvgIpc) is 2.82. The fourth-order valence-corrected chi connectivity index (χ4v) is 2.71. The van der Waals surface area contributed by atoms with Crippen LogP contribution in [0.4, 0.5) is 0 Å². The normalized spacial score (nSPS) is 17.1. The number of nitrogens with zero attached hydrogens (tertiary/aromatic N) is 3. The first-order chi connectivity index (χ1) is 9.15. The summed E-state index contributed by atoms with van der Waals surface area (Å²) in [4.78, 5) is 13.2. The summed E-state index contributed by atoms with van der Waals surface area (Å²) in [6, 6.07) is 5.45. The number of benzene rings is 1. The molecule has 1 aromatic heterocycles. The van der Waals surface area contributed by atoms with E-state index in [2.05, 4.69) is 17.0 Å². The first-order valence-electron chi connectivity index (χ1n) is 6.52. The number of likely N-dealkylation sites (tertiary alicyclic amines) is 1. The Bertz CT molecular complexity index is 618. The minimum Gasteiger partial charge on any atom is -0.545 e. The van der Waals surface area contributed by atoms with Gasteiger partial charge in [-0.05, 0) is 50.7 Å². The standard InChI is InChI=1S/C14H17N3O2.Li/c1-16-6-4-12(5-7-16)17-13-3-2-10(14(18)19)8-11(13)9-15-17;/h2-3,8-9,12H,4-7H2,1H3,(H,18,19);/q;+1/p-1. The number of carbonyl (C=O) groups is 1. The first kappa shape index (κ1) is 15.1. The van der Waals surface area contributed by atoms with Crippen molar-refractivity contribution in [3.05, 3.63) is 30.0 Å². The average molecular weight is 265 g/mol. The number of hydrogen-bond donors (Lipinski definition) is 0. The molecule has 1 aliphatic heterocycles. The number of carboxylic acid groups (broad SMARTS) is 1. The molecule has 0 bridgehead atoms. The van der Waals surface area contributed by atoms with Crippen molar-refractivity contribution < 1.29 is 28.8 Å². The van der Waals surface area contributed by atoms with Crippen LogP contribution in [-0.4, -0.2) is 40.8 Å². The van der Waals surface area contributed by atoms with Gasteiger partial charge in [0, 0.05) is 5.39 Å². The molecule has 0 spiro atoms. The number of hydrogen-bond acceptors (Lipinski definition) is 4. The van der Waals surface area contributed by atoms with Gasteiger partial charge in [0.2, 0.25) is 0 Å². The summed E-state index contributed by atoms with van der Waals surface area (Å²) in [6.45, 7) is 2.15. The molecular weight excluding hydrogens is 249 g/mol. The van der Waals surface area contributed by atoms with E-state index in [4.69, 9.17) is 0 Å². The first-order valence-corrected chi connectivity index (χ1v) is 6.52. The van der Waals surface area contributed by atoms with Crippen LogP contribution in [0, 0.1) is 0 Å². The molecule has 6 heteroatoms. The van der Waals surface area contributed by atoms with Crippen LogP contribution in [0.5, 0.6) is 0 Å². The summed E-state index contributed by atoms with van der Waals surface area (Å²) < 4.78 is 2.03. The Morgan fingerprint density at radius 3 is 2.70 bits per heavy atom. The van der Waals surface area contributed by atoms with E-state index in [0.717, 1.165) is 36.8 Å². The van der Waals surface area contributed by atoms with Crippen LogP contribution in [0.2, 0.25) is 0 Å². The molecule has 0 radical (unpaired) electrons. The number of carbonyl (C=O) groups excluding carboxylic acids is 1. The largest absolute Gasteiger partial charge is 1.00 e. The van der Waals surface area contributed by atoms with E-state index in [1.807, 2.05) is 10.7 Å². The van der Waals surface area contributed by atoms with Gasteiger partial charge in [-0.3, -0.25) is 4.68 Å². The van der Waals surface area contributed by atoms with E-state index in [1.54, 1.807) is 18.3 Å². The third kappa shape index (κ3) is 2.75.